The molecule has 90 valence electrons. The highest BCUT2D eigenvalue weighted by Crippen LogP contribution is 2.13. The Hall–Kier alpha value is -1.39. The summed E-state index contributed by atoms with van der Waals surface area (Å²) in [6.45, 7) is 4.90. The van der Waals surface area contributed by atoms with Crippen molar-refractivity contribution in [2.45, 2.75) is 32.7 Å². The Balaban J connectivity index is 2.30. The van der Waals surface area contributed by atoms with Crippen LogP contribution in [0, 0.1) is 0 Å². The minimum atomic E-state index is -0.168. The Morgan fingerprint density at radius 2 is 2.06 bits per heavy atom. The highest BCUT2D eigenvalue weighted by molar-refractivity contribution is 5.83. The van der Waals surface area contributed by atoms with E-state index in [0.29, 0.717) is 6.04 Å². The molecule has 2 amide bonds. The van der Waals surface area contributed by atoms with Crippen LogP contribution in [0.3, 0.4) is 0 Å². The summed E-state index contributed by atoms with van der Waals surface area (Å²) in [5.41, 5.74) is 0. The first-order valence-corrected chi connectivity index (χ1v) is 5.63. The SMILES string of the molecule is CC=NC1CCN(C(=O)CNC(C)=O)CC1. The van der Waals surface area contributed by atoms with E-state index in [2.05, 4.69) is 10.3 Å². The van der Waals surface area contributed by atoms with E-state index in [0.717, 1.165) is 25.9 Å². The molecule has 1 fully saturated rings. The van der Waals surface area contributed by atoms with Crippen LogP contribution in [0.5, 0.6) is 0 Å². The number of amides is 2. The van der Waals surface area contributed by atoms with E-state index in [-0.39, 0.29) is 18.4 Å². The predicted molar refractivity (Wildman–Crippen MR) is 62.5 cm³/mol. The molecular weight excluding hydrogens is 206 g/mol. The first-order valence-electron chi connectivity index (χ1n) is 5.63. The number of hydrogen-bond acceptors (Lipinski definition) is 3. The molecular formula is C11H19N3O2. The van der Waals surface area contributed by atoms with Crippen molar-refractivity contribution in [3.8, 4) is 0 Å². The van der Waals surface area contributed by atoms with Crippen molar-refractivity contribution in [2.75, 3.05) is 19.6 Å². The number of carbonyl (C=O) groups is 2. The molecule has 0 radical (unpaired) electrons. The molecule has 5 nitrogen and oxygen atoms in total. The number of carbonyl (C=O) groups excluding carboxylic acids is 2. The zero-order chi connectivity index (χ0) is 12.0. The molecule has 0 spiro atoms. The highest BCUT2D eigenvalue weighted by Gasteiger charge is 2.21. The average Bonchev–Trinajstić information content (AvgIpc) is 2.27. The van der Waals surface area contributed by atoms with Gasteiger partial charge in [0.2, 0.25) is 11.8 Å². The second-order valence-electron chi connectivity index (χ2n) is 3.93. The molecule has 0 aliphatic carbocycles. The molecule has 16 heavy (non-hydrogen) atoms. The van der Waals surface area contributed by atoms with Crippen molar-refractivity contribution in [3.63, 3.8) is 0 Å². The lowest BCUT2D eigenvalue weighted by molar-refractivity contribution is -0.133. The molecule has 1 heterocycles. The van der Waals surface area contributed by atoms with Crippen LogP contribution in [-0.2, 0) is 9.59 Å². The van der Waals surface area contributed by atoms with Crippen molar-refractivity contribution >= 4 is 18.0 Å². The quantitative estimate of drug-likeness (QED) is 0.698. The van der Waals surface area contributed by atoms with Gasteiger partial charge >= 0.3 is 0 Å². The van der Waals surface area contributed by atoms with Gasteiger partial charge in [0.15, 0.2) is 0 Å². The summed E-state index contributed by atoms with van der Waals surface area (Å²) in [6, 6.07) is 0.356. The van der Waals surface area contributed by atoms with E-state index < -0.39 is 0 Å². The van der Waals surface area contributed by atoms with Crippen LogP contribution in [0.25, 0.3) is 0 Å². The molecule has 0 aromatic heterocycles. The van der Waals surface area contributed by atoms with E-state index >= 15 is 0 Å². The van der Waals surface area contributed by atoms with Crippen molar-refractivity contribution in [3.05, 3.63) is 0 Å². The summed E-state index contributed by atoms with van der Waals surface area (Å²) in [7, 11) is 0. The molecule has 1 saturated heterocycles. The van der Waals surface area contributed by atoms with Crippen molar-refractivity contribution in [1.82, 2.24) is 10.2 Å². The molecule has 0 aromatic carbocycles. The van der Waals surface area contributed by atoms with Gasteiger partial charge in [0, 0.05) is 20.0 Å². The van der Waals surface area contributed by atoms with Gasteiger partial charge in [-0.15, -0.1) is 0 Å². The molecule has 0 atom stereocenters. The summed E-state index contributed by atoms with van der Waals surface area (Å²) in [5, 5.41) is 2.52. The summed E-state index contributed by atoms with van der Waals surface area (Å²) in [5.74, 6) is -0.173. The van der Waals surface area contributed by atoms with Crippen molar-refractivity contribution in [1.29, 1.82) is 0 Å². The van der Waals surface area contributed by atoms with Crippen LogP contribution >= 0.6 is 0 Å². The lowest BCUT2D eigenvalue weighted by Gasteiger charge is -2.30. The van der Waals surface area contributed by atoms with Crippen LogP contribution in [0.1, 0.15) is 26.7 Å². The van der Waals surface area contributed by atoms with Gasteiger partial charge in [-0.25, -0.2) is 0 Å². The minimum absolute atomic E-state index is 0.00544. The summed E-state index contributed by atoms with van der Waals surface area (Å²) < 4.78 is 0. The Morgan fingerprint density at radius 3 is 2.56 bits per heavy atom. The lowest BCUT2D eigenvalue weighted by atomic mass is 10.1. The molecule has 5 heteroatoms. The monoisotopic (exact) mass is 225 g/mol. The molecule has 0 unspecified atom stereocenters. The van der Waals surface area contributed by atoms with Gasteiger partial charge in [-0.1, -0.05) is 0 Å². The third-order valence-electron chi connectivity index (χ3n) is 2.67. The van der Waals surface area contributed by atoms with Crippen LogP contribution < -0.4 is 5.32 Å². The van der Waals surface area contributed by atoms with Gasteiger partial charge in [0.1, 0.15) is 0 Å². The number of likely N-dealkylation sites (tertiary alicyclic amines) is 1. The number of nitrogens with zero attached hydrogens (tertiary/aromatic N) is 2. The predicted octanol–water partition coefficient (Wildman–Crippen LogP) is 0.204. The lowest BCUT2D eigenvalue weighted by Crippen LogP contribution is -2.44. The maximum Gasteiger partial charge on any atom is 0.241 e. The first kappa shape index (κ1) is 12.7. The molecule has 0 saturated carbocycles. The van der Waals surface area contributed by atoms with Gasteiger partial charge in [0.05, 0.1) is 12.6 Å². The Morgan fingerprint density at radius 1 is 1.44 bits per heavy atom. The zero-order valence-electron chi connectivity index (χ0n) is 9.90. The Labute approximate surface area is 95.9 Å². The molecule has 1 aliphatic rings. The fourth-order valence-corrected chi connectivity index (χ4v) is 1.79. The summed E-state index contributed by atoms with van der Waals surface area (Å²) >= 11 is 0. The van der Waals surface area contributed by atoms with Crippen molar-refractivity contribution < 1.29 is 9.59 Å². The normalized spacial score (nSPS) is 17.8. The fraction of sp³-hybridized carbons (Fsp3) is 0.727. The van der Waals surface area contributed by atoms with E-state index in [1.54, 1.807) is 4.90 Å². The highest BCUT2D eigenvalue weighted by atomic mass is 16.2. The molecule has 0 bridgehead atoms. The maximum absolute atomic E-state index is 11.6. The minimum Gasteiger partial charge on any atom is -0.347 e. The summed E-state index contributed by atoms with van der Waals surface area (Å²) in [4.78, 5) is 28.4. The Bertz CT molecular complexity index is 281. The number of hydrogen-bond donors (Lipinski definition) is 1. The largest absolute Gasteiger partial charge is 0.347 e. The first-order chi connectivity index (χ1) is 7.63. The number of nitrogens with one attached hydrogen (secondary N) is 1. The van der Waals surface area contributed by atoms with E-state index in [1.165, 1.54) is 6.92 Å². The second kappa shape index (κ2) is 6.25. The van der Waals surface area contributed by atoms with E-state index in [4.69, 9.17) is 0 Å². The number of aliphatic imine (C=N–C) groups is 1. The molecule has 1 rings (SSSR count). The topological polar surface area (TPSA) is 61.8 Å². The summed E-state index contributed by atoms with van der Waals surface area (Å²) in [6.07, 6.45) is 3.64. The molecule has 1 N–H and O–H groups in total. The standard InChI is InChI=1S/C11H19N3O2/c1-3-12-10-4-6-14(7-5-10)11(16)8-13-9(2)15/h3,10H,4-8H2,1-2H3,(H,13,15). The van der Waals surface area contributed by atoms with Gasteiger partial charge < -0.3 is 10.2 Å². The fourth-order valence-electron chi connectivity index (χ4n) is 1.79. The third-order valence-corrected chi connectivity index (χ3v) is 2.67. The zero-order valence-corrected chi connectivity index (χ0v) is 9.90. The van der Waals surface area contributed by atoms with Crippen molar-refractivity contribution in [2.24, 2.45) is 4.99 Å². The van der Waals surface area contributed by atoms with Crippen LogP contribution in [0.4, 0.5) is 0 Å². The average molecular weight is 225 g/mol. The molecule has 0 aromatic rings. The van der Waals surface area contributed by atoms with Crippen LogP contribution in [0.15, 0.2) is 4.99 Å². The number of rotatable bonds is 3. The Kier molecular flexibility index (Phi) is 4.95. The number of piperidine rings is 1. The van der Waals surface area contributed by atoms with E-state index in [9.17, 15) is 9.59 Å². The van der Waals surface area contributed by atoms with E-state index in [1.807, 2.05) is 13.1 Å². The van der Waals surface area contributed by atoms with Crippen LogP contribution in [-0.4, -0.2) is 48.6 Å². The molecule has 1 aliphatic heterocycles. The maximum atomic E-state index is 11.6. The third kappa shape index (κ3) is 4.00. The van der Waals surface area contributed by atoms with Gasteiger partial charge in [-0.05, 0) is 26.0 Å². The van der Waals surface area contributed by atoms with Gasteiger partial charge in [-0.2, -0.15) is 0 Å². The van der Waals surface area contributed by atoms with Gasteiger partial charge in [-0.3, -0.25) is 14.6 Å². The second-order valence-corrected chi connectivity index (χ2v) is 3.93. The van der Waals surface area contributed by atoms with Crippen LogP contribution in [0.2, 0.25) is 0 Å². The van der Waals surface area contributed by atoms with Gasteiger partial charge in [0.25, 0.3) is 0 Å². The smallest absolute Gasteiger partial charge is 0.241 e.